The van der Waals surface area contributed by atoms with Gasteiger partial charge in [0.1, 0.15) is 5.82 Å². The Kier molecular flexibility index (Phi) is 1.96. The third-order valence-electron chi connectivity index (χ3n) is 2.36. The van der Waals surface area contributed by atoms with Crippen molar-refractivity contribution in [3.05, 3.63) is 29.2 Å². The molecule has 0 aliphatic heterocycles. The number of rotatable bonds is 1. The van der Waals surface area contributed by atoms with Crippen LogP contribution in [0.4, 0.5) is 4.39 Å². The number of aromatic carboxylic acids is 1. The summed E-state index contributed by atoms with van der Waals surface area (Å²) in [6.45, 7) is 1.65. The van der Waals surface area contributed by atoms with Gasteiger partial charge in [0.25, 0.3) is 0 Å². The lowest BCUT2D eigenvalue weighted by molar-refractivity contribution is 0.0692. The first-order chi connectivity index (χ1) is 7.02. The van der Waals surface area contributed by atoms with Crippen molar-refractivity contribution in [2.75, 3.05) is 0 Å². The van der Waals surface area contributed by atoms with Crippen LogP contribution in [0.1, 0.15) is 16.1 Å². The number of halogens is 1. The fourth-order valence-corrected chi connectivity index (χ4v) is 1.67. The number of aryl methyl sites for hydroxylation is 2. The van der Waals surface area contributed by atoms with Crippen LogP contribution < -0.4 is 0 Å². The first-order valence-corrected chi connectivity index (χ1v) is 4.37. The van der Waals surface area contributed by atoms with E-state index in [1.54, 1.807) is 20.0 Å². The zero-order valence-electron chi connectivity index (χ0n) is 8.28. The molecule has 0 unspecified atom stereocenters. The minimum absolute atomic E-state index is 0.275. The Hall–Kier alpha value is -1.91. The highest BCUT2D eigenvalue weighted by Gasteiger charge is 2.17. The molecule has 2 rings (SSSR count). The van der Waals surface area contributed by atoms with E-state index in [0.717, 1.165) is 0 Å². The Morgan fingerprint density at radius 1 is 1.53 bits per heavy atom. The summed E-state index contributed by atoms with van der Waals surface area (Å²) >= 11 is 0. The molecule has 0 saturated carbocycles. The second-order valence-electron chi connectivity index (χ2n) is 3.34. The third kappa shape index (κ3) is 1.27. The number of nitrogens with zero attached hydrogens (tertiary/aromatic N) is 2. The molecule has 78 valence electrons. The zero-order valence-corrected chi connectivity index (χ0v) is 8.28. The standard InChI is InChI=1S/C10H9FN2O2/c1-5-8-7(13(2)12-5)4-3-6(9(8)11)10(14)15/h3-4H,1-2H3,(H,14,15). The van der Waals surface area contributed by atoms with E-state index in [1.807, 2.05) is 0 Å². The van der Waals surface area contributed by atoms with Crippen molar-refractivity contribution in [3.63, 3.8) is 0 Å². The summed E-state index contributed by atoms with van der Waals surface area (Å²) in [5.74, 6) is -1.98. The summed E-state index contributed by atoms with van der Waals surface area (Å²) in [4.78, 5) is 10.7. The number of hydrogen-bond donors (Lipinski definition) is 1. The van der Waals surface area contributed by atoms with Gasteiger partial charge in [0, 0.05) is 7.05 Å². The minimum Gasteiger partial charge on any atom is -0.478 e. The molecule has 2 aromatic rings. The van der Waals surface area contributed by atoms with E-state index >= 15 is 0 Å². The van der Waals surface area contributed by atoms with Crippen LogP contribution in [0.15, 0.2) is 12.1 Å². The van der Waals surface area contributed by atoms with Crippen LogP contribution in [0.3, 0.4) is 0 Å². The van der Waals surface area contributed by atoms with Crippen LogP contribution >= 0.6 is 0 Å². The van der Waals surface area contributed by atoms with Crippen molar-refractivity contribution >= 4 is 16.9 Å². The summed E-state index contributed by atoms with van der Waals surface area (Å²) in [6.07, 6.45) is 0. The fourth-order valence-electron chi connectivity index (χ4n) is 1.67. The Morgan fingerprint density at radius 3 is 2.80 bits per heavy atom. The number of aromatic nitrogens is 2. The molecule has 0 aliphatic rings. The van der Waals surface area contributed by atoms with Crippen molar-refractivity contribution in [2.45, 2.75) is 6.92 Å². The van der Waals surface area contributed by atoms with Gasteiger partial charge in [0.15, 0.2) is 0 Å². The number of benzene rings is 1. The molecule has 0 atom stereocenters. The van der Waals surface area contributed by atoms with Crippen molar-refractivity contribution in [2.24, 2.45) is 7.05 Å². The summed E-state index contributed by atoms with van der Waals surface area (Å²) in [7, 11) is 1.69. The molecule has 0 saturated heterocycles. The molecule has 0 spiro atoms. The van der Waals surface area contributed by atoms with Crippen molar-refractivity contribution < 1.29 is 14.3 Å². The van der Waals surface area contributed by atoms with Gasteiger partial charge in [-0.2, -0.15) is 5.10 Å². The average Bonchev–Trinajstić information content (AvgIpc) is 2.43. The molecule has 15 heavy (non-hydrogen) atoms. The van der Waals surface area contributed by atoms with Crippen LogP contribution in [-0.2, 0) is 7.05 Å². The largest absolute Gasteiger partial charge is 0.478 e. The lowest BCUT2D eigenvalue weighted by Gasteiger charge is -1.99. The summed E-state index contributed by atoms with van der Waals surface area (Å²) < 4.78 is 15.3. The smallest absolute Gasteiger partial charge is 0.338 e. The highest BCUT2D eigenvalue weighted by atomic mass is 19.1. The topological polar surface area (TPSA) is 55.1 Å². The van der Waals surface area contributed by atoms with Gasteiger partial charge >= 0.3 is 5.97 Å². The first-order valence-electron chi connectivity index (χ1n) is 4.37. The maximum Gasteiger partial charge on any atom is 0.338 e. The molecule has 4 nitrogen and oxygen atoms in total. The fraction of sp³-hybridized carbons (Fsp3) is 0.200. The quantitative estimate of drug-likeness (QED) is 0.776. The molecule has 0 radical (unpaired) electrons. The Balaban J connectivity index is 2.89. The van der Waals surface area contributed by atoms with E-state index in [2.05, 4.69) is 5.10 Å². The molecule has 0 aliphatic carbocycles. The van der Waals surface area contributed by atoms with Gasteiger partial charge in [-0.3, -0.25) is 4.68 Å². The zero-order chi connectivity index (χ0) is 11.2. The lowest BCUT2D eigenvalue weighted by atomic mass is 10.1. The second kappa shape index (κ2) is 3.05. The molecule has 0 amide bonds. The molecule has 5 heteroatoms. The van der Waals surface area contributed by atoms with Gasteiger partial charge in [-0.1, -0.05) is 0 Å². The van der Waals surface area contributed by atoms with Crippen molar-refractivity contribution in [3.8, 4) is 0 Å². The van der Waals surface area contributed by atoms with Crippen LogP contribution in [0.25, 0.3) is 10.9 Å². The predicted octanol–water partition coefficient (Wildman–Crippen LogP) is 1.72. The molecular weight excluding hydrogens is 199 g/mol. The lowest BCUT2D eigenvalue weighted by Crippen LogP contribution is -2.01. The maximum atomic E-state index is 13.8. The summed E-state index contributed by atoms with van der Waals surface area (Å²) in [5.41, 5.74) is 0.765. The molecule has 1 heterocycles. The highest BCUT2D eigenvalue weighted by Crippen LogP contribution is 2.23. The van der Waals surface area contributed by atoms with Gasteiger partial charge in [0.2, 0.25) is 0 Å². The number of carboxylic acids is 1. The Morgan fingerprint density at radius 2 is 2.20 bits per heavy atom. The summed E-state index contributed by atoms with van der Waals surface area (Å²) in [6, 6.07) is 2.81. The van der Waals surface area contributed by atoms with E-state index in [-0.39, 0.29) is 10.9 Å². The van der Waals surface area contributed by atoms with Crippen LogP contribution in [-0.4, -0.2) is 20.9 Å². The maximum absolute atomic E-state index is 13.8. The van der Waals surface area contributed by atoms with E-state index in [0.29, 0.717) is 11.2 Å². The Bertz CT molecular complexity index is 560. The van der Waals surface area contributed by atoms with Gasteiger partial charge in [-0.15, -0.1) is 0 Å². The van der Waals surface area contributed by atoms with Crippen LogP contribution in [0.5, 0.6) is 0 Å². The van der Waals surface area contributed by atoms with E-state index in [9.17, 15) is 9.18 Å². The van der Waals surface area contributed by atoms with Crippen LogP contribution in [0.2, 0.25) is 0 Å². The normalized spacial score (nSPS) is 10.9. The molecule has 1 aromatic heterocycles. The summed E-state index contributed by atoms with van der Waals surface area (Å²) in [5, 5.41) is 13.1. The Labute approximate surface area is 84.9 Å². The van der Waals surface area contributed by atoms with Crippen molar-refractivity contribution in [1.82, 2.24) is 9.78 Å². The minimum atomic E-state index is -1.27. The number of carboxylic acid groups (broad SMARTS) is 1. The van der Waals surface area contributed by atoms with Gasteiger partial charge in [-0.25, -0.2) is 9.18 Å². The van der Waals surface area contributed by atoms with Crippen LogP contribution in [0, 0.1) is 12.7 Å². The molecule has 1 aromatic carbocycles. The van der Waals surface area contributed by atoms with E-state index in [1.165, 1.54) is 10.7 Å². The average molecular weight is 208 g/mol. The van der Waals surface area contributed by atoms with E-state index < -0.39 is 11.8 Å². The SMILES string of the molecule is Cc1nn(C)c2ccc(C(=O)O)c(F)c12. The monoisotopic (exact) mass is 208 g/mol. The van der Waals surface area contributed by atoms with Gasteiger partial charge in [-0.05, 0) is 19.1 Å². The molecule has 1 N–H and O–H groups in total. The molecule has 0 bridgehead atoms. The van der Waals surface area contributed by atoms with Gasteiger partial charge < -0.3 is 5.11 Å². The van der Waals surface area contributed by atoms with Gasteiger partial charge in [0.05, 0.1) is 22.2 Å². The highest BCUT2D eigenvalue weighted by molar-refractivity contribution is 5.94. The third-order valence-corrected chi connectivity index (χ3v) is 2.36. The predicted molar refractivity (Wildman–Crippen MR) is 52.4 cm³/mol. The number of hydrogen-bond acceptors (Lipinski definition) is 2. The van der Waals surface area contributed by atoms with E-state index in [4.69, 9.17) is 5.11 Å². The number of carbonyl (C=O) groups is 1. The van der Waals surface area contributed by atoms with Crippen molar-refractivity contribution in [1.29, 1.82) is 0 Å². The first kappa shape index (κ1) is 9.64. The number of fused-ring (bicyclic) bond motifs is 1. The second-order valence-corrected chi connectivity index (χ2v) is 3.34. The molecular formula is C10H9FN2O2. The molecule has 0 fully saturated rings.